The van der Waals surface area contributed by atoms with Gasteiger partial charge in [-0.25, -0.2) is 8.78 Å². The number of esters is 1. The van der Waals surface area contributed by atoms with Crippen LogP contribution < -0.4 is 0 Å². The lowest BCUT2D eigenvalue weighted by Crippen LogP contribution is -2.40. The largest absolute Gasteiger partial charge is 0.466 e. The monoisotopic (exact) mass is 227 g/mol. The molecule has 0 spiro atoms. The predicted octanol–water partition coefficient (Wildman–Crippen LogP) is 0.211. The summed E-state index contributed by atoms with van der Waals surface area (Å²) in [5.74, 6) is -0.987. The number of nitrogens with zero attached hydrogens (tertiary/aromatic N) is 1. The molecule has 0 aliphatic carbocycles. The molecule has 2 unspecified atom stereocenters. The Bertz CT molecular complexity index is 235. The van der Waals surface area contributed by atoms with Crippen LogP contribution in [0.4, 0.5) is 8.78 Å². The van der Waals surface area contributed by atoms with Gasteiger partial charge in [0, 0.05) is 4.92 Å². The Morgan fingerprint density at radius 3 is 2.47 bits per heavy atom. The molecule has 0 aliphatic rings. The molecule has 15 heavy (non-hydrogen) atoms. The van der Waals surface area contributed by atoms with Crippen molar-refractivity contribution in [3.05, 3.63) is 10.1 Å². The van der Waals surface area contributed by atoms with Gasteiger partial charge in [-0.1, -0.05) is 0 Å². The molecule has 0 saturated heterocycles. The summed E-state index contributed by atoms with van der Waals surface area (Å²) in [5.41, 5.74) is 0. The summed E-state index contributed by atoms with van der Waals surface area (Å²) < 4.78 is 28.3. The van der Waals surface area contributed by atoms with E-state index in [1.807, 2.05) is 0 Å². The lowest BCUT2D eigenvalue weighted by Gasteiger charge is -2.14. The second-order valence-electron chi connectivity index (χ2n) is 2.69. The van der Waals surface area contributed by atoms with Gasteiger partial charge in [0.2, 0.25) is 0 Å². The lowest BCUT2D eigenvalue weighted by atomic mass is 10.1. The molecule has 1 N–H and O–H groups in total. The van der Waals surface area contributed by atoms with Crippen molar-refractivity contribution >= 4 is 5.97 Å². The Balaban J connectivity index is 4.41. The zero-order valence-corrected chi connectivity index (χ0v) is 7.93. The van der Waals surface area contributed by atoms with E-state index in [0.717, 1.165) is 0 Å². The molecular formula is C7H11F2NO5. The van der Waals surface area contributed by atoms with Crippen molar-refractivity contribution in [1.29, 1.82) is 0 Å². The van der Waals surface area contributed by atoms with E-state index >= 15 is 0 Å². The van der Waals surface area contributed by atoms with Crippen molar-refractivity contribution in [2.45, 2.75) is 31.9 Å². The minimum atomic E-state index is -3.27. The van der Waals surface area contributed by atoms with Crippen LogP contribution in [-0.4, -0.2) is 41.2 Å². The number of hydrogen-bond acceptors (Lipinski definition) is 5. The Morgan fingerprint density at radius 2 is 2.13 bits per heavy atom. The molecule has 0 saturated carbocycles. The number of aliphatic hydroxyl groups is 1. The van der Waals surface area contributed by atoms with Gasteiger partial charge in [0.25, 0.3) is 12.5 Å². The lowest BCUT2D eigenvalue weighted by molar-refractivity contribution is -0.536. The van der Waals surface area contributed by atoms with E-state index in [-0.39, 0.29) is 6.61 Å². The van der Waals surface area contributed by atoms with Crippen LogP contribution in [0.2, 0.25) is 0 Å². The average Bonchev–Trinajstić information content (AvgIpc) is 2.13. The number of alkyl halides is 2. The molecule has 0 aliphatic heterocycles. The Hall–Kier alpha value is -1.31. The molecule has 0 aromatic carbocycles. The van der Waals surface area contributed by atoms with E-state index in [2.05, 4.69) is 4.74 Å². The van der Waals surface area contributed by atoms with Gasteiger partial charge >= 0.3 is 5.97 Å². The second kappa shape index (κ2) is 6.23. The molecule has 88 valence electrons. The zero-order chi connectivity index (χ0) is 12.0. The quantitative estimate of drug-likeness (QED) is 0.398. The Kier molecular flexibility index (Phi) is 5.68. The molecule has 0 bridgehead atoms. The van der Waals surface area contributed by atoms with Crippen LogP contribution in [0.5, 0.6) is 0 Å². The first-order chi connectivity index (χ1) is 6.90. The number of hydrogen-bond donors (Lipinski definition) is 1. The predicted molar refractivity (Wildman–Crippen MR) is 44.0 cm³/mol. The van der Waals surface area contributed by atoms with Gasteiger partial charge < -0.3 is 9.84 Å². The fraction of sp³-hybridized carbons (Fsp3) is 0.857. The molecule has 2 atom stereocenters. The number of aliphatic hydroxyl groups excluding tert-OH is 1. The van der Waals surface area contributed by atoms with Crippen molar-refractivity contribution in [3.63, 3.8) is 0 Å². The summed E-state index contributed by atoms with van der Waals surface area (Å²) in [6.45, 7) is 1.47. The third-order valence-electron chi connectivity index (χ3n) is 1.60. The topological polar surface area (TPSA) is 89.7 Å². The van der Waals surface area contributed by atoms with Crippen molar-refractivity contribution in [2.24, 2.45) is 0 Å². The van der Waals surface area contributed by atoms with Crippen molar-refractivity contribution in [2.75, 3.05) is 6.61 Å². The van der Waals surface area contributed by atoms with Gasteiger partial charge in [0.05, 0.1) is 6.61 Å². The third kappa shape index (κ3) is 4.63. The van der Waals surface area contributed by atoms with Crippen LogP contribution >= 0.6 is 0 Å². The van der Waals surface area contributed by atoms with E-state index in [1.165, 1.54) is 6.92 Å². The number of carbonyl (C=O) groups excluding carboxylic acids is 1. The second-order valence-corrected chi connectivity index (χ2v) is 2.69. The molecule has 8 heteroatoms. The number of halogens is 2. The summed E-state index contributed by atoms with van der Waals surface area (Å²) in [6, 6.07) is -2.04. The normalized spacial score (nSPS) is 14.7. The summed E-state index contributed by atoms with van der Waals surface area (Å²) in [5, 5.41) is 19.1. The van der Waals surface area contributed by atoms with Crippen molar-refractivity contribution in [3.8, 4) is 0 Å². The third-order valence-corrected chi connectivity index (χ3v) is 1.60. The number of nitro groups is 1. The summed E-state index contributed by atoms with van der Waals surface area (Å²) in [4.78, 5) is 20.0. The maximum absolute atomic E-state index is 12.0. The van der Waals surface area contributed by atoms with Crippen LogP contribution in [-0.2, 0) is 9.53 Å². The van der Waals surface area contributed by atoms with Gasteiger partial charge in [-0.15, -0.1) is 0 Å². The van der Waals surface area contributed by atoms with Crippen LogP contribution in [0, 0.1) is 10.1 Å². The smallest absolute Gasteiger partial charge is 0.312 e. The van der Waals surface area contributed by atoms with Gasteiger partial charge in [-0.3, -0.25) is 14.9 Å². The standard InChI is InChI=1S/C7H11F2NO5/c1-2-15-5(11)3-4(10(13)14)6(12)7(8)9/h4,6-7,12H,2-3H2,1H3. The van der Waals surface area contributed by atoms with Crippen molar-refractivity contribution in [1.82, 2.24) is 0 Å². The van der Waals surface area contributed by atoms with E-state index in [4.69, 9.17) is 5.11 Å². The van der Waals surface area contributed by atoms with Crippen molar-refractivity contribution < 1.29 is 28.3 Å². The number of rotatable bonds is 6. The van der Waals surface area contributed by atoms with E-state index in [9.17, 15) is 23.7 Å². The van der Waals surface area contributed by atoms with Gasteiger partial charge in [0.1, 0.15) is 6.42 Å². The van der Waals surface area contributed by atoms with E-state index in [1.54, 1.807) is 0 Å². The van der Waals surface area contributed by atoms with Gasteiger partial charge in [-0.2, -0.15) is 0 Å². The fourth-order valence-corrected chi connectivity index (χ4v) is 0.879. The Labute approximate surface area is 84.0 Å². The molecule has 0 amide bonds. The Morgan fingerprint density at radius 1 is 1.60 bits per heavy atom. The molecular weight excluding hydrogens is 216 g/mol. The fourth-order valence-electron chi connectivity index (χ4n) is 0.879. The highest BCUT2D eigenvalue weighted by Gasteiger charge is 2.38. The number of ether oxygens (including phenoxy) is 1. The van der Waals surface area contributed by atoms with Crippen LogP contribution in [0.1, 0.15) is 13.3 Å². The highest BCUT2D eigenvalue weighted by atomic mass is 19.3. The highest BCUT2D eigenvalue weighted by molar-refractivity contribution is 5.69. The molecule has 0 fully saturated rings. The summed E-state index contributed by atoms with van der Waals surface area (Å²) >= 11 is 0. The summed E-state index contributed by atoms with van der Waals surface area (Å²) in [7, 11) is 0. The van der Waals surface area contributed by atoms with Gasteiger partial charge in [-0.05, 0) is 6.92 Å². The average molecular weight is 227 g/mol. The van der Waals surface area contributed by atoms with Gasteiger partial charge in [0.15, 0.2) is 6.10 Å². The number of carbonyl (C=O) groups is 1. The minimum absolute atomic E-state index is 0.00591. The van der Waals surface area contributed by atoms with Crippen LogP contribution in [0.3, 0.4) is 0 Å². The first kappa shape index (κ1) is 13.7. The minimum Gasteiger partial charge on any atom is -0.466 e. The van der Waals surface area contributed by atoms with E-state index in [0.29, 0.717) is 0 Å². The first-order valence-corrected chi connectivity index (χ1v) is 4.15. The molecule has 0 rings (SSSR count). The zero-order valence-electron chi connectivity index (χ0n) is 7.93. The molecule has 0 aromatic heterocycles. The van der Waals surface area contributed by atoms with E-state index < -0.39 is 35.9 Å². The van der Waals surface area contributed by atoms with Crippen LogP contribution in [0.15, 0.2) is 0 Å². The van der Waals surface area contributed by atoms with Crippen LogP contribution in [0.25, 0.3) is 0 Å². The first-order valence-electron chi connectivity index (χ1n) is 4.15. The molecule has 0 heterocycles. The molecule has 6 nitrogen and oxygen atoms in total. The summed E-state index contributed by atoms with van der Waals surface area (Å²) in [6.07, 6.45) is -6.61. The molecule has 0 aromatic rings. The SMILES string of the molecule is CCOC(=O)CC(C(O)C(F)F)[N+](=O)[O-]. The highest BCUT2D eigenvalue weighted by Crippen LogP contribution is 2.12. The molecule has 0 radical (unpaired) electrons. The maximum Gasteiger partial charge on any atom is 0.312 e. The maximum atomic E-state index is 12.0.